The Kier molecular flexibility index (Phi) is 4.75. The van der Waals surface area contributed by atoms with E-state index in [0.29, 0.717) is 12.5 Å². The second kappa shape index (κ2) is 6.54. The van der Waals surface area contributed by atoms with E-state index in [1.165, 1.54) is 0 Å². The lowest BCUT2D eigenvalue weighted by Gasteiger charge is -2.13. The zero-order valence-corrected chi connectivity index (χ0v) is 11.1. The van der Waals surface area contributed by atoms with Crippen LogP contribution in [-0.2, 0) is 11.2 Å². The van der Waals surface area contributed by atoms with Gasteiger partial charge in [-0.25, -0.2) is 4.98 Å². The number of hydrogen-bond acceptors (Lipinski definition) is 5. The SMILES string of the molecule is CCCc1nc(NCC)cc(OC2CCOC2)n1. The maximum Gasteiger partial charge on any atom is 0.219 e. The van der Waals surface area contributed by atoms with E-state index in [-0.39, 0.29) is 6.10 Å². The van der Waals surface area contributed by atoms with Crippen molar-refractivity contribution in [2.75, 3.05) is 25.1 Å². The van der Waals surface area contributed by atoms with Crippen molar-refractivity contribution in [3.8, 4) is 5.88 Å². The Labute approximate surface area is 108 Å². The predicted octanol–water partition coefficient (Wildman–Crippen LogP) is 2.03. The molecule has 1 aliphatic rings. The van der Waals surface area contributed by atoms with Gasteiger partial charge in [-0.2, -0.15) is 4.98 Å². The van der Waals surface area contributed by atoms with Crippen LogP contribution in [0.1, 0.15) is 32.5 Å². The molecule has 0 aliphatic carbocycles. The van der Waals surface area contributed by atoms with Gasteiger partial charge in [0.2, 0.25) is 5.88 Å². The summed E-state index contributed by atoms with van der Waals surface area (Å²) in [4.78, 5) is 8.89. The molecule has 1 aliphatic heterocycles. The Morgan fingerprint density at radius 3 is 3.00 bits per heavy atom. The number of aromatic nitrogens is 2. The molecule has 1 fully saturated rings. The van der Waals surface area contributed by atoms with Gasteiger partial charge in [0, 0.05) is 25.5 Å². The molecule has 1 aromatic rings. The van der Waals surface area contributed by atoms with Crippen molar-refractivity contribution in [1.29, 1.82) is 0 Å². The first kappa shape index (κ1) is 13.1. The molecule has 18 heavy (non-hydrogen) atoms. The molecule has 1 saturated heterocycles. The third kappa shape index (κ3) is 3.57. The summed E-state index contributed by atoms with van der Waals surface area (Å²) in [5.41, 5.74) is 0. The Morgan fingerprint density at radius 2 is 2.33 bits per heavy atom. The van der Waals surface area contributed by atoms with Crippen molar-refractivity contribution < 1.29 is 9.47 Å². The molecule has 0 radical (unpaired) electrons. The van der Waals surface area contributed by atoms with E-state index in [1.54, 1.807) is 0 Å². The zero-order valence-electron chi connectivity index (χ0n) is 11.1. The number of nitrogens with one attached hydrogen (secondary N) is 1. The first-order valence-electron chi connectivity index (χ1n) is 6.68. The highest BCUT2D eigenvalue weighted by Crippen LogP contribution is 2.18. The molecule has 5 nitrogen and oxygen atoms in total. The zero-order chi connectivity index (χ0) is 12.8. The normalized spacial score (nSPS) is 18.9. The maximum absolute atomic E-state index is 5.83. The molecule has 0 aromatic carbocycles. The van der Waals surface area contributed by atoms with E-state index in [2.05, 4.69) is 22.2 Å². The average molecular weight is 251 g/mol. The van der Waals surface area contributed by atoms with Crippen LogP contribution in [0.2, 0.25) is 0 Å². The molecule has 2 rings (SSSR count). The van der Waals surface area contributed by atoms with E-state index in [1.807, 2.05) is 13.0 Å². The van der Waals surface area contributed by atoms with Gasteiger partial charge >= 0.3 is 0 Å². The first-order chi connectivity index (χ1) is 8.81. The van der Waals surface area contributed by atoms with Crippen LogP contribution in [0.4, 0.5) is 5.82 Å². The molecule has 1 unspecified atom stereocenters. The van der Waals surface area contributed by atoms with Crippen LogP contribution in [0.3, 0.4) is 0 Å². The van der Waals surface area contributed by atoms with Gasteiger partial charge in [-0.05, 0) is 13.3 Å². The molecule has 1 atom stereocenters. The summed E-state index contributed by atoms with van der Waals surface area (Å²) in [7, 11) is 0. The number of rotatable bonds is 6. The van der Waals surface area contributed by atoms with Crippen LogP contribution < -0.4 is 10.1 Å². The minimum Gasteiger partial charge on any atom is -0.472 e. The molecule has 2 heterocycles. The van der Waals surface area contributed by atoms with Gasteiger partial charge < -0.3 is 14.8 Å². The smallest absolute Gasteiger partial charge is 0.219 e. The number of aryl methyl sites for hydroxylation is 1. The molecule has 0 bridgehead atoms. The Bertz CT molecular complexity index is 354. The van der Waals surface area contributed by atoms with Gasteiger partial charge in [0.05, 0.1) is 13.2 Å². The monoisotopic (exact) mass is 251 g/mol. The van der Waals surface area contributed by atoms with Crippen molar-refractivity contribution in [3.05, 3.63) is 11.9 Å². The maximum atomic E-state index is 5.83. The second-order valence-corrected chi connectivity index (χ2v) is 4.39. The molecule has 5 heteroatoms. The Balaban J connectivity index is 2.10. The standard InChI is InChI=1S/C13H21N3O2/c1-3-5-11-15-12(14-4-2)8-13(16-11)18-10-6-7-17-9-10/h8,10H,3-7,9H2,1-2H3,(H,14,15,16). The Morgan fingerprint density at radius 1 is 1.44 bits per heavy atom. The van der Waals surface area contributed by atoms with Crippen molar-refractivity contribution in [3.63, 3.8) is 0 Å². The second-order valence-electron chi connectivity index (χ2n) is 4.39. The van der Waals surface area contributed by atoms with E-state index < -0.39 is 0 Å². The van der Waals surface area contributed by atoms with Gasteiger partial charge in [0.15, 0.2) is 0 Å². The van der Waals surface area contributed by atoms with Gasteiger partial charge in [0.25, 0.3) is 0 Å². The first-order valence-corrected chi connectivity index (χ1v) is 6.68. The van der Waals surface area contributed by atoms with Gasteiger partial charge in [-0.15, -0.1) is 0 Å². The molecular weight excluding hydrogens is 230 g/mol. The average Bonchev–Trinajstić information content (AvgIpc) is 2.82. The number of hydrogen-bond donors (Lipinski definition) is 1. The molecular formula is C13H21N3O2. The minimum atomic E-state index is 0.129. The van der Waals surface area contributed by atoms with E-state index >= 15 is 0 Å². The Hall–Kier alpha value is -1.36. The highest BCUT2D eigenvalue weighted by Gasteiger charge is 2.18. The lowest BCUT2D eigenvalue weighted by Crippen LogP contribution is -2.17. The molecule has 1 N–H and O–H groups in total. The number of ether oxygens (including phenoxy) is 2. The predicted molar refractivity (Wildman–Crippen MR) is 70.0 cm³/mol. The van der Waals surface area contributed by atoms with Crippen LogP contribution in [0, 0.1) is 0 Å². The van der Waals surface area contributed by atoms with Crippen LogP contribution in [0.25, 0.3) is 0 Å². The van der Waals surface area contributed by atoms with Crippen molar-refractivity contribution >= 4 is 5.82 Å². The van der Waals surface area contributed by atoms with Crippen molar-refractivity contribution in [2.45, 2.75) is 39.2 Å². The summed E-state index contributed by atoms with van der Waals surface area (Å²) in [5.74, 6) is 2.33. The van der Waals surface area contributed by atoms with E-state index in [9.17, 15) is 0 Å². The topological polar surface area (TPSA) is 56.3 Å². The molecule has 1 aromatic heterocycles. The summed E-state index contributed by atoms with van der Waals surface area (Å²) in [5, 5.41) is 3.21. The quantitative estimate of drug-likeness (QED) is 0.838. The summed E-state index contributed by atoms with van der Waals surface area (Å²) < 4.78 is 11.1. The van der Waals surface area contributed by atoms with Gasteiger partial charge in [0.1, 0.15) is 17.7 Å². The fraction of sp³-hybridized carbons (Fsp3) is 0.692. The van der Waals surface area contributed by atoms with Crippen molar-refractivity contribution in [2.24, 2.45) is 0 Å². The molecule has 0 spiro atoms. The highest BCUT2D eigenvalue weighted by atomic mass is 16.5. The fourth-order valence-electron chi connectivity index (χ4n) is 1.92. The lowest BCUT2D eigenvalue weighted by molar-refractivity contribution is 0.138. The summed E-state index contributed by atoms with van der Waals surface area (Å²) in [6.07, 6.45) is 2.96. The lowest BCUT2D eigenvalue weighted by atomic mass is 10.3. The van der Waals surface area contributed by atoms with Gasteiger partial charge in [-0.1, -0.05) is 6.92 Å². The van der Waals surface area contributed by atoms with Crippen LogP contribution >= 0.6 is 0 Å². The van der Waals surface area contributed by atoms with Gasteiger partial charge in [-0.3, -0.25) is 0 Å². The highest BCUT2D eigenvalue weighted by molar-refractivity contribution is 5.38. The minimum absolute atomic E-state index is 0.129. The largest absolute Gasteiger partial charge is 0.472 e. The third-order valence-corrected chi connectivity index (χ3v) is 2.76. The van der Waals surface area contributed by atoms with E-state index in [4.69, 9.17) is 9.47 Å². The van der Waals surface area contributed by atoms with Crippen LogP contribution in [0.5, 0.6) is 5.88 Å². The van der Waals surface area contributed by atoms with E-state index in [0.717, 1.165) is 44.1 Å². The molecule has 100 valence electrons. The fourth-order valence-corrected chi connectivity index (χ4v) is 1.92. The van der Waals surface area contributed by atoms with Crippen LogP contribution in [0.15, 0.2) is 6.07 Å². The third-order valence-electron chi connectivity index (χ3n) is 2.76. The summed E-state index contributed by atoms with van der Waals surface area (Å²) in [6, 6.07) is 1.86. The summed E-state index contributed by atoms with van der Waals surface area (Å²) in [6.45, 7) is 6.44. The molecule has 0 saturated carbocycles. The van der Waals surface area contributed by atoms with Crippen LogP contribution in [-0.4, -0.2) is 35.8 Å². The number of anilines is 1. The van der Waals surface area contributed by atoms with Crippen molar-refractivity contribution in [1.82, 2.24) is 9.97 Å². The molecule has 0 amide bonds. The summed E-state index contributed by atoms with van der Waals surface area (Å²) >= 11 is 0. The number of nitrogens with zero attached hydrogens (tertiary/aromatic N) is 2.